The Hall–Kier alpha value is -0.0800. The van der Waals surface area contributed by atoms with Gasteiger partial charge in [-0.15, -0.1) is 0 Å². The molecule has 71 valence electrons. The maximum Gasteiger partial charge on any atom is 0.124 e. The van der Waals surface area contributed by atoms with E-state index < -0.39 is 0 Å². The summed E-state index contributed by atoms with van der Waals surface area (Å²) in [6, 6.07) is 1.97. The van der Waals surface area contributed by atoms with Gasteiger partial charge in [0.25, 0.3) is 0 Å². The number of pyridine rings is 1. The Morgan fingerprint density at radius 1 is 1.69 bits per heavy atom. The molecule has 1 aromatic heterocycles. The molecule has 0 saturated carbocycles. The van der Waals surface area contributed by atoms with Crippen LogP contribution in [0.25, 0.3) is 0 Å². The summed E-state index contributed by atoms with van der Waals surface area (Å²) in [5, 5.41) is 0.733. The molecule has 0 N–H and O–H groups in total. The van der Waals surface area contributed by atoms with Crippen molar-refractivity contribution in [1.29, 1.82) is 0 Å². The van der Waals surface area contributed by atoms with Crippen LogP contribution in [0.1, 0.15) is 19.4 Å². The van der Waals surface area contributed by atoms with Crippen molar-refractivity contribution in [2.24, 2.45) is 5.92 Å². The van der Waals surface area contributed by atoms with Gasteiger partial charge in [0.1, 0.15) is 4.60 Å². The van der Waals surface area contributed by atoms with Crippen LogP contribution in [0, 0.1) is 12.3 Å². The molecule has 0 spiro atoms. The van der Waals surface area contributed by atoms with Crippen LogP contribution < -0.4 is 0 Å². The maximum atomic E-state index is 6.07. The average molecular weight is 262 g/mol. The van der Waals surface area contributed by atoms with Crippen LogP contribution >= 0.6 is 27.5 Å². The molecule has 0 aliphatic rings. The van der Waals surface area contributed by atoms with Gasteiger partial charge in [-0.05, 0) is 46.3 Å². The molecule has 0 aromatic carbocycles. The Labute approximate surface area is 92.6 Å². The van der Waals surface area contributed by atoms with Crippen molar-refractivity contribution in [3.8, 4) is 0 Å². The van der Waals surface area contributed by atoms with Gasteiger partial charge in [-0.1, -0.05) is 25.4 Å². The fourth-order valence-electron chi connectivity index (χ4n) is 1.08. The van der Waals surface area contributed by atoms with E-state index in [1.165, 1.54) is 0 Å². The predicted octanol–water partition coefficient (Wildman–Crippen LogP) is 3.90. The fourth-order valence-corrected chi connectivity index (χ4v) is 1.64. The van der Waals surface area contributed by atoms with Crippen molar-refractivity contribution in [2.45, 2.75) is 20.3 Å². The highest BCUT2D eigenvalue weighted by Crippen LogP contribution is 2.25. The summed E-state index contributed by atoms with van der Waals surface area (Å²) in [5.41, 5.74) is 1.15. The molecule has 0 aliphatic carbocycles. The molecule has 0 amide bonds. The summed E-state index contributed by atoms with van der Waals surface area (Å²) in [5.74, 6) is 0.548. The van der Waals surface area contributed by atoms with Crippen molar-refractivity contribution in [3.63, 3.8) is 0 Å². The lowest BCUT2D eigenvalue weighted by molar-refractivity contribution is 0.670. The number of hydrogen-bond acceptors (Lipinski definition) is 1. The zero-order valence-electron chi connectivity index (χ0n) is 7.72. The second-order valence-electron chi connectivity index (χ2n) is 3.09. The van der Waals surface area contributed by atoms with Crippen LogP contribution in [0.15, 0.2) is 16.9 Å². The van der Waals surface area contributed by atoms with Gasteiger partial charge >= 0.3 is 0 Å². The number of halogens is 2. The highest BCUT2D eigenvalue weighted by atomic mass is 79.9. The van der Waals surface area contributed by atoms with Gasteiger partial charge in [0.05, 0.1) is 5.02 Å². The lowest BCUT2D eigenvalue weighted by Crippen LogP contribution is -1.99. The van der Waals surface area contributed by atoms with E-state index in [1.807, 2.05) is 6.07 Å². The Morgan fingerprint density at radius 3 is 3.00 bits per heavy atom. The number of nitrogens with zero attached hydrogens (tertiary/aromatic N) is 1. The Balaban J connectivity index is 2.83. The van der Waals surface area contributed by atoms with Crippen molar-refractivity contribution >= 4 is 27.5 Å². The van der Waals surface area contributed by atoms with E-state index in [1.54, 1.807) is 6.20 Å². The van der Waals surface area contributed by atoms with Crippen molar-refractivity contribution in [3.05, 3.63) is 33.9 Å². The predicted molar refractivity (Wildman–Crippen MR) is 59.8 cm³/mol. The van der Waals surface area contributed by atoms with E-state index in [0.29, 0.717) is 5.92 Å². The molecule has 0 aliphatic heterocycles. The second kappa shape index (κ2) is 4.97. The summed E-state index contributed by atoms with van der Waals surface area (Å²) < 4.78 is 0.731. The van der Waals surface area contributed by atoms with Gasteiger partial charge in [-0.2, -0.15) is 0 Å². The zero-order valence-corrected chi connectivity index (χ0v) is 10.1. The van der Waals surface area contributed by atoms with Gasteiger partial charge < -0.3 is 0 Å². The minimum absolute atomic E-state index is 0.548. The summed E-state index contributed by atoms with van der Waals surface area (Å²) in [7, 11) is 0. The van der Waals surface area contributed by atoms with E-state index in [0.717, 1.165) is 21.6 Å². The smallest absolute Gasteiger partial charge is 0.124 e. The van der Waals surface area contributed by atoms with Crippen LogP contribution in [-0.4, -0.2) is 4.98 Å². The fraction of sp³-hybridized carbons (Fsp3) is 0.400. The maximum absolute atomic E-state index is 6.07. The topological polar surface area (TPSA) is 12.9 Å². The van der Waals surface area contributed by atoms with Gasteiger partial charge in [0.15, 0.2) is 0 Å². The van der Waals surface area contributed by atoms with Crippen LogP contribution in [0.5, 0.6) is 0 Å². The molecule has 1 radical (unpaired) electrons. The monoisotopic (exact) mass is 260 g/mol. The molecule has 1 unspecified atom stereocenters. The molecular formula is C10H12BrClN. The van der Waals surface area contributed by atoms with Crippen LogP contribution in [-0.2, 0) is 6.42 Å². The van der Waals surface area contributed by atoms with Crippen molar-refractivity contribution < 1.29 is 0 Å². The summed E-state index contributed by atoms with van der Waals surface area (Å²) in [6.45, 7) is 4.24. The molecule has 0 saturated heterocycles. The molecule has 13 heavy (non-hydrogen) atoms. The minimum atomic E-state index is 0.548. The third-order valence-corrected chi connectivity index (χ3v) is 3.29. The number of hydrogen-bond donors (Lipinski definition) is 0. The minimum Gasteiger partial charge on any atom is -0.248 e. The first-order chi connectivity index (χ1) is 6.15. The molecule has 3 heteroatoms. The molecule has 0 bridgehead atoms. The summed E-state index contributed by atoms with van der Waals surface area (Å²) in [6.07, 6.45) is 4.91. The van der Waals surface area contributed by atoms with Crippen molar-refractivity contribution in [1.82, 2.24) is 4.98 Å². The quantitative estimate of drug-likeness (QED) is 0.752. The molecule has 1 aromatic rings. The van der Waals surface area contributed by atoms with Crippen LogP contribution in [0.2, 0.25) is 5.02 Å². The number of rotatable bonds is 3. The molecule has 1 atom stereocenters. The molecule has 0 fully saturated rings. The first-order valence-electron chi connectivity index (χ1n) is 4.23. The second-order valence-corrected chi connectivity index (χ2v) is 4.22. The highest BCUT2D eigenvalue weighted by molar-refractivity contribution is 9.10. The van der Waals surface area contributed by atoms with E-state index in [9.17, 15) is 0 Å². The van der Waals surface area contributed by atoms with Gasteiger partial charge in [0, 0.05) is 6.20 Å². The Morgan fingerprint density at radius 2 is 2.38 bits per heavy atom. The lowest BCUT2D eigenvalue weighted by Gasteiger charge is -2.09. The van der Waals surface area contributed by atoms with Crippen molar-refractivity contribution in [2.75, 3.05) is 0 Å². The normalized spacial score (nSPS) is 12.9. The Kier molecular flexibility index (Phi) is 4.20. The van der Waals surface area contributed by atoms with Gasteiger partial charge in [-0.25, -0.2) is 4.98 Å². The van der Waals surface area contributed by atoms with E-state index in [4.69, 9.17) is 11.6 Å². The third kappa shape index (κ3) is 2.96. The average Bonchev–Trinajstić information content (AvgIpc) is 2.13. The molecule has 1 rings (SSSR count). The van der Waals surface area contributed by atoms with E-state index >= 15 is 0 Å². The zero-order chi connectivity index (χ0) is 9.84. The van der Waals surface area contributed by atoms with E-state index in [-0.39, 0.29) is 0 Å². The third-order valence-electron chi connectivity index (χ3n) is 2.04. The lowest BCUT2D eigenvalue weighted by atomic mass is 10.00. The summed E-state index contributed by atoms with van der Waals surface area (Å²) in [4.78, 5) is 4.05. The molecule has 1 nitrogen and oxygen atoms in total. The van der Waals surface area contributed by atoms with Gasteiger partial charge in [0.2, 0.25) is 0 Å². The molecule has 1 heterocycles. The number of aromatic nitrogens is 1. The first kappa shape index (κ1) is 11.0. The van der Waals surface area contributed by atoms with Crippen LogP contribution in [0.3, 0.4) is 0 Å². The largest absolute Gasteiger partial charge is 0.248 e. The van der Waals surface area contributed by atoms with Gasteiger partial charge in [-0.3, -0.25) is 0 Å². The highest BCUT2D eigenvalue weighted by Gasteiger charge is 2.07. The SMILES string of the molecule is C[CH]C(C)Cc1ccnc(Br)c1Cl. The van der Waals surface area contributed by atoms with E-state index in [2.05, 4.69) is 41.2 Å². The standard InChI is InChI=1S/C10H12BrClN/c1-3-7(2)6-8-4-5-13-10(11)9(8)12/h3-5,7H,6H2,1-2H3. The Bertz CT molecular complexity index is 288. The summed E-state index contributed by atoms with van der Waals surface area (Å²) >= 11 is 9.38. The molecular weight excluding hydrogens is 249 g/mol. The first-order valence-corrected chi connectivity index (χ1v) is 5.40. The van der Waals surface area contributed by atoms with Crippen LogP contribution in [0.4, 0.5) is 0 Å².